The molecule has 2 nitrogen and oxygen atoms in total. The van der Waals surface area contributed by atoms with Gasteiger partial charge < -0.3 is 9.47 Å². The molecule has 1 heterocycles. The van der Waals surface area contributed by atoms with Crippen LogP contribution in [0.2, 0.25) is 0 Å². The predicted molar refractivity (Wildman–Crippen MR) is 242 cm³/mol. The van der Waals surface area contributed by atoms with E-state index < -0.39 is 0 Å². The van der Waals surface area contributed by atoms with Gasteiger partial charge in [0.1, 0.15) is 0 Å². The number of rotatable bonds is 5. The Morgan fingerprint density at radius 3 is 1.67 bits per heavy atom. The number of para-hydroxylation sites is 2. The maximum atomic E-state index is 2.57. The van der Waals surface area contributed by atoms with Gasteiger partial charge in [0.15, 0.2) is 0 Å². The summed E-state index contributed by atoms with van der Waals surface area (Å²) in [6, 6.07) is 68.4. The molecule has 0 N–H and O–H groups in total. The fourth-order valence-corrected chi connectivity index (χ4v) is 13.0. The van der Waals surface area contributed by atoms with E-state index in [1.807, 2.05) is 0 Å². The van der Waals surface area contributed by atoms with Crippen molar-refractivity contribution in [3.05, 3.63) is 193 Å². The van der Waals surface area contributed by atoms with Crippen LogP contribution >= 0.6 is 0 Å². The van der Waals surface area contributed by atoms with Gasteiger partial charge in [-0.3, -0.25) is 0 Å². The third kappa shape index (κ3) is 4.49. The fraction of sp³-hybridized carbons (Fsp3) is 0.179. The highest BCUT2D eigenvalue weighted by molar-refractivity contribution is 6.09. The zero-order valence-electron chi connectivity index (χ0n) is 32.6. The molecule has 0 saturated heterocycles. The molecule has 1 aromatic heterocycles. The molecule has 278 valence electrons. The smallest absolute Gasteiger partial charge is 0.0543 e. The topological polar surface area (TPSA) is 8.17 Å². The number of hydrogen-bond acceptors (Lipinski definition) is 1. The van der Waals surface area contributed by atoms with Crippen LogP contribution in [0.5, 0.6) is 0 Å². The standard InChI is InChI=1S/C56H44N2/c1-2-13-45-40(11-1)12-9-21-51(45)58(54-22-10-18-50-55(54)48-16-3-6-17-49(48)56(50)41-32-36-31-37(34-41)35-42(56)33-36)44-29-25-39(26-30-44)38-23-27-43(28-24-38)57-52-19-7-4-14-46(52)47-15-5-8-20-53(47)57/h1-30,36-37,41-42H,31-35H2. The summed E-state index contributed by atoms with van der Waals surface area (Å²) >= 11 is 0. The third-order valence-electron chi connectivity index (χ3n) is 15.0. The number of nitrogens with zero attached hydrogens (tertiary/aromatic N) is 2. The minimum atomic E-state index is 0.120. The van der Waals surface area contributed by atoms with Crippen LogP contribution in [-0.2, 0) is 5.41 Å². The summed E-state index contributed by atoms with van der Waals surface area (Å²) in [5, 5.41) is 5.10. The van der Waals surface area contributed by atoms with E-state index in [-0.39, 0.29) is 5.41 Å². The maximum Gasteiger partial charge on any atom is 0.0543 e. The number of hydrogen-bond donors (Lipinski definition) is 0. The van der Waals surface area contributed by atoms with Crippen LogP contribution in [0.15, 0.2) is 182 Å². The molecule has 4 bridgehead atoms. The lowest BCUT2D eigenvalue weighted by Crippen LogP contribution is -2.55. The van der Waals surface area contributed by atoms with Gasteiger partial charge in [0.25, 0.3) is 0 Å². The van der Waals surface area contributed by atoms with Gasteiger partial charge in [-0.05, 0) is 138 Å². The Morgan fingerprint density at radius 2 is 0.966 bits per heavy atom. The normalized spacial score (nSPS) is 22.6. The largest absolute Gasteiger partial charge is 0.309 e. The zero-order valence-corrected chi connectivity index (χ0v) is 32.6. The van der Waals surface area contributed by atoms with Crippen molar-refractivity contribution in [1.82, 2.24) is 4.57 Å². The van der Waals surface area contributed by atoms with Gasteiger partial charge in [0.05, 0.1) is 22.4 Å². The van der Waals surface area contributed by atoms with Crippen molar-refractivity contribution < 1.29 is 0 Å². The van der Waals surface area contributed by atoms with Crippen molar-refractivity contribution in [2.45, 2.75) is 37.5 Å². The van der Waals surface area contributed by atoms with Gasteiger partial charge in [-0.2, -0.15) is 0 Å². The van der Waals surface area contributed by atoms with Gasteiger partial charge in [0.2, 0.25) is 0 Å². The van der Waals surface area contributed by atoms with Crippen LogP contribution in [0.3, 0.4) is 0 Å². The van der Waals surface area contributed by atoms with E-state index in [2.05, 4.69) is 191 Å². The van der Waals surface area contributed by atoms with Gasteiger partial charge in [-0.15, -0.1) is 0 Å². The molecule has 8 aromatic carbocycles. The Labute approximate surface area is 340 Å². The van der Waals surface area contributed by atoms with Crippen LogP contribution < -0.4 is 4.90 Å². The molecule has 14 rings (SSSR count). The Bertz CT molecular complexity index is 2990. The predicted octanol–water partition coefficient (Wildman–Crippen LogP) is 14.8. The van der Waals surface area contributed by atoms with Crippen molar-refractivity contribution in [1.29, 1.82) is 0 Å². The maximum absolute atomic E-state index is 2.57. The van der Waals surface area contributed by atoms with E-state index in [0.717, 1.165) is 23.7 Å². The Balaban J connectivity index is 0.949. The SMILES string of the molecule is c1ccc2c(c1)-c1c(N(c3ccc(-c4ccc(-n5c6ccccc6c6ccccc65)cc4)cc3)c3cccc4ccccc34)cccc1C21C2CC3CC(C2)CC1C3. The molecular weight excluding hydrogens is 701 g/mol. The first-order valence-electron chi connectivity index (χ1n) is 21.4. The van der Waals surface area contributed by atoms with E-state index in [9.17, 15) is 0 Å². The molecular formula is C56H44N2. The number of benzene rings is 8. The first-order valence-corrected chi connectivity index (χ1v) is 21.4. The van der Waals surface area contributed by atoms with Crippen molar-refractivity contribution in [3.63, 3.8) is 0 Å². The molecule has 0 atom stereocenters. The molecule has 2 heteroatoms. The molecule has 0 aliphatic heterocycles. The van der Waals surface area contributed by atoms with Gasteiger partial charge in [0, 0.05) is 38.5 Å². The van der Waals surface area contributed by atoms with E-state index in [1.54, 1.807) is 11.1 Å². The lowest BCUT2D eigenvalue weighted by Gasteiger charge is -2.61. The average molecular weight is 745 g/mol. The van der Waals surface area contributed by atoms with Crippen LogP contribution in [0.4, 0.5) is 17.1 Å². The molecule has 0 radical (unpaired) electrons. The van der Waals surface area contributed by atoms with Crippen LogP contribution in [0.25, 0.3) is 60.5 Å². The quantitative estimate of drug-likeness (QED) is 0.170. The Kier molecular flexibility index (Phi) is 6.94. The van der Waals surface area contributed by atoms with E-state index in [4.69, 9.17) is 0 Å². The lowest BCUT2D eigenvalue weighted by atomic mass is 9.43. The minimum Gasteiger partial charge on any atom is -0.309 e. The monoisotopic (exact) mass is 744 g/mol. The minimum absolute atomic E-state index is 0.120. The third-order valence-corrected chi connectivity index (χ3v) is 15.0. The zero-order chi connectivity index (χ0) is 38.0. The number of fused-ring (bicyclic) bond motifs is 7. The molecule has 1 spiro atoms. The second-order valence-electron chi connectivity index (χ2n) is 17.7. The van der Waals surface area contributed by atoms with Gasteiger partial charge in [-0.1, -0.05) is 133 Å². The van der Waals surface area contributed by atoms with Crippen LogP contribution in [0.1, 0.15) is 43.2 Å². The summed E-state index contributed by atoms with van der Waals surface area (Å²) in [5.41, 5.74) is 16.0. The van der Waals surface area contributed by atoms with E-state index in [1.165, 1.54) is 110 Å². The molecule has 4 saturated carbocycles. The second-order valence-corrected chi connectivity index (χ2v) is 17.7. The molecule has 5 aliphatic carbocycles. The highest BCUT2D eigenvalue weighted by Crippen LogP contribution is 2.70. The van der Waals surface area contributed by atoms with Crippen molar-refractivity contribution in [2.24, 2.45) is 23.7 Å². The Hall–Kier alpha value is -6.38. The summed E-state index contributed by atoms with van der Waals surface area (Å²) < 4.78 is 2.39. The summed E-state index contributed by atoms with van der Waals surface area (Å²) in [6.07, 6.45) is 7.02. The molecule has 0 unspecified atom stereocenters. The molecule has 4 fully saturated rings. The number of anilines is 3. The second kappa shape index (κ2) is 12.3. The average Bonchev–Trinajstić information content (AvgIpc) is 3.77. The number of aromatic nitrogens is 1. The molecule has 0 amide bonds. The summed E-state index contributed by atoms with van der Waals surface area (Å²) in [6.45, 7) is 0. The first kappa shape index (κ1) is 32.7. The van der Waals surface area contributed by atoms with Crippen LogP contribution in [-0.4, -0.2) is 4.57 Å². The summed E-state index contributed by atoms with van der Waals surface area (Å²) in [4.78, 5) is 2.57. The fourth-order valence-electron chi connectivity index (χ4n) is 13.0. The lowest BCUT2D eigenvalue weighted by molar-refractivity contribution is -0.0399. The van der Waals surface area contributed by atoms with Crippen molar-refractivity contribution >= 4 is 49.6 Å². The van der Waals surface area contributed by atoms with Gasteiger partial charge >= 0.3 is 0 Å². The molecule has 5 aliphatic rings. The highest BCUT2D eigenvalue weighted by atomic mass is 15.1. The summed E-state index contributed by atoms with van der Waals surface area (Å²) in [5.74, 6) is 3.30. The van der Waals surface area contributed by atoms with Crippen molar-refractivity contribution in [3.8, 4) is 27.9 Å². The van der Waals surface area contributed by atoms with Crippen molar-refractivity contribution in [2.75, 3.05) is 4.90 Å². The molecule has 9 aromatic rings. The Morgan fingerprint density at radius 1 is 0.431 bits per heavy atom. The highest BCUT2D eigenvalue weighted by Gasteiger charge is 2.61. The first-order chi connectivity index (χ1) is 28.7. The van der Waals surface area contributed by atoms with Crippen LogP contribution in [0, 0.1) is 23.7 Å². The molecule has 58 heavy (non-hydrogen) atoms. The van der Waals surface area contributed by atoms with E-state index >= 15 is 0 Å². The van der Waals surface area contributed by atoms with Gasteiger partial charge in [-0.25, -0.2) is 0 Å². The summed E-state index contributed by atoms with van der Waals surface area (Å²) in [7, 11) is 0. The van der Waals surface area contributed by atoms with E-state index in [0.29, 0.717) is 0 Å².